The van der Waals surface area contributed by atoms with Crippen molar-refractivity contribution in [1.82, 2.24) is 14.7 Å². The van der Waals surface area contributed by atoms with E-state index in [4.69, 9.17) is 5.11 Å². The summed E-state index contributed by atoms with van der Waals surface area (Å²) in [4.78, 5) is 31.1. The number of piperazine rings is 1. The van der Waals surface area contributed by atoms with Gasteiger partial charge >= 0.3 is 5.97 Å². The third kappa shape index (κ3) is 5.90. The molecule has 1 heterocycles. The largest absolute Gasteiger partial charge is 0.480 e. The Morgan fingerprint density at radius 2 is 1.81 bits per heavy atom. The molecular weight excluding hydrogens is 351 g/mol. The maximum Gasteiger partial charge on any atom is 0.323 e. The van der Waals surface area contributed by atoms with Crippen molar-refractivity contribution in [2.24, 2.45) is 0 Å². The number of carboxylic acids is 1. The fourth-order valence-corrected chi connectivity index (χ4v) is 3.12. The van der Waals surface area contributed by atoms with Gasteiger partial charge in [-0.1, -0.05) is 6.92 Å². The van der Waals surface area contributed by atoms with Crippen molar-refractivity contribution in [2.45, 2.75) is 6.92 Å². The van der Waals surface area contributed by atoms with E-state index in [0.717, 1.165) is 32.7 Å². The number of carbonyl (C=O) groups excluding carboxylic acids is 1. The first-order chi connectivity index (χ1) is 12.8. The molecule has 1 saturated heterocycles. The molecule has 8 heteroatoms. The van der Waals surface area contributed by atoms with Crippen LogP contribution in [-0.2, 0) is 4.79 Å². The van der Waals surface area contributed by atoms with E-state index in [9.17, 15) is 14.0 Å². The number of carbonyl (C=O) groups is 2. The van der Waals surface area contributed by atoms with Crippen molar-refractivity contribution in [2.75, 3.05) is 71.4 Å². The number of carboxylic acid groups (broad SMARTS) is 1. The number of hydrogen-bond acceptors (Lipinski definition) is 5. The van der Waals surface area contributed by atoms with Crippen molar-refractivity contribution < 1.29 is 19.1 Å². The van der Waals surface area contributed by atoms with Crippen LogP contribution in [0.25, 0.3) is 0 Å². The van der Waals surface area contributed by atoms with Gasteiger partial charge in [0.05, 0.1) is 5.69 Å². The summed E-state index contributed by atoms with van der Waals surface area (Å²) in [6, 6.07) is 4.42. The fourth-order valence-electron chi connectivity index (χ4n) is 3.12. The van der Waals surface area contributed by atoms with E-state index in [-0.39, 0.29) is 12.1 Å². The Hall–Kier alpha value is -2.19. The van der Waals surface area contributed by atoms with Gasteiger partial charge in [0.2, 0.25) is 0 Å². The lowest BCUT2D eigenvalue weighted by Crippen LogP contribution is -2.46. The molecule has 1 N–H and O–H groups in total. The minimum Gasteiger partial charge on any atom is -0.480 e. The highest BCUT2D eigenvalue weighted by Crippen LogP contribution is 2.22. The zero-order valence-corrected chi connectivity index (χ0v) is 16.3. The van der Waals surface area contributed by atoms with Gasteiger partial charge < -0.3 is 24.7 Å². The fraction of sp³-hybridized carbons (Fsp3) is 0.579. The van der Waals surface area contributed by atoms with Crippen LogP contribution in [0.3, 0.4) is 0 Å². The van der Waals surface area contributed by atoms with Gasteiger partial charge in [0.25, 0.3) is 5.91 Å². The van der Waals surface area contributed by atoms with Gasteiger partial charge in [-0.05, 0) is 38.8 Å². The number of rotatable bonds is 8. The number of anilines is 1. The lowest BCUT2D eigenvalue weighted by molar-refractivity contribution is -0.137. The Labute approximate surface area is 159 Å². The van der Waals surface area contributed by atoms with Crippen molar-refractivity contribution in [3.05, 3.63) is 29.6 Å². The van der Waals surface area contributed by atoms with Crippen LogP contribution in [-0.4, -0.2) is 98.1 Å². The first-order valence-corrected chi connectivity index (χ1v) is 9.24. The van der Waals surface area contributed by atoms with Crippen LogP contribution in [0.2, 0.25) is 0 Å². The summed E-state index contributed by atoms with van der Waals surface area (Å²) in [7, 11) is 3.69. The molecule has 0 saturated carbocycles. The van der Waals surface area contributed by atoms with Crippen LogP contribution in [0.15, 0.2) is 18.2 Å². The minimum atomic E-state index is -1.09. The Morgan fingerprint density at radius 1 is 1.15 bits per heavy atom. The van der Waals surface area contributed by atoms with Gasteiger partial charge in [-0.2, -0.15) is 0 Å². The molecule has 2 rings (SSSR count). The van der Waals surface area contributed by atoms with E-state index in [2.05, 4.69) is 11.8 Å². The summed E-state index contributed by atoms with van der Waals surface area (Å²) in [5.74, 6) is -2.01. The van der Waals surface area contributed by atoms with E-state index in [0.29, 0.717) is 12.2 Å². The summed E-state index contributed by atoms with van der Waals surface area (Å²) in [5, 5.41) is 9.06. The summed E-state index contributed by atoms with van der Waals surface area (Å²) < 4.78 is 14.7. The minimum absolute atomic E-state index is 0.170. The molecule has 0 radical (unpaired) electrons. The molecule has 1 aromatic rings. The molecule has 1 aromatic carbocycles. The first-order valence-electron chi connectivity index (χ1n) is 9.24. The number of benzene rings is 1. The average molecular weight is 380 g/mol. The highest BCUT2D eigenvalue weighted by atomic mass is 19.1. The van der Waals surface area contributed by atoms with Gasteiger partial charge in [0.1, 0.15) is 12.4 Å². The van der Waals surface area contributed by atoms with E-state index in [1.165, 1.54) is 11.0 Å². The predicted molar refractivity (Wildman–Crippen MR) is 103 cm³/mol. The Kier molecular flexibility index (Phi) is 7.55. The van der Waals surface area contributed by atoms with Gasteiger partial charge in [0, 0.05) is 44.8 Å². The number of hydrogen-bond donors (Lipinski definition) is 1. The molecule has 150 valence electrons. The molecule has 0 atom stereocenters. The SMILES string of the molecule is CCN1CCN(c2ccc(C(=O)N(CCN(C)C)CC(=O)O)cc2F)CC1. The van der Waals surface area contributed by atoms with Crippen LogP contribution in [0.5, 0.6) is 0 Å². The summed E-state index contributed by atoms with van der Waals surface area (Å²) in [6.45, 7) is 6.72. The van der Waals surface area contributed by atoms with Crippen LogP contribution in [0.1, 0.15) is 17.3 Å². The van der Waals surface area contributed by atoms with Crippen LogP contribution >= 0.6 is 0 Å². The molecule has 7 nitrogen and oxygen atoms in total. The van der Waals surface area contributed by atoms with Crippen molar-refractivity contribution >= 4 is 17.6 Å². The van der Waals surface area contributed by atoms with Crippen LogP contribution in [0, 0.1) is 5.82 Å². The third-order valence-electron chi connectivity index (χ3n) is 4.79. The van der Waals surface area contributed by atoms with Crippen molar-refractivity contribution in [1.29, 1.82) is 0 Å². The normalized spacial score (nSPS) is 15.2. The quantitative estimate of drug-likeness (QED) is 0.727. The number of amides is 1. The number of likely N-dealkylation sites (N-methyl/N-ethyl adjacent to an activating group) is 2. The van der Waals surface area contributed by atoms with Crippen LogP contribution in [0.4, 0.5) is 10.1 Å². The topological polar surface area (TPSA) is 67.3 Å². The molecule has 27 heavy (non-hydrogen) atoms. The van der Waals surface area contributed by atoms with E-state index in [1.807, 2.05) is 23.9 Å². The third-order valence-corrected chi connectivity index (χ3v) is 4.79. The molecule has 1 aliphatic rings. The molecule has 0 spiro atoms. The second kappa shape index (κ2) is 9.66. The smallest absolute Gasteiger partial charge is 0.323 e. The lowest BCUT2D eigenvalue weighted by atomic mass is 10.1. The maximum absolute atomic E-state index is 14.7. The van der Waals surface area contributed by atoms with Crippen molar-refractivity contribution in [3.8, 4) is 0 Å². The molecular formula is C19H29FN4O3. The van der Waals surface area contributed by atoms with Gasteiger partial charge in [-0.3, -0.25) is 9.59 Å². The molecule has 1 aliphatic heterocycles. The van der Waals surface area contributed by atoms with Gasteiger partial charge in [0.15, 0.2) is 0 Å². The lowest BCUT2D eigenvalue weighted by Gasteiger charge is -2.35. The summed E-state index contributed by atoms with van der Waals surface area (Å²) >= 11 is 0. The molecule has 1 fully saturated rings. The predicted octanol–water partition coefficient (Wildman–Crippen LogP) is 1.06. The van der Waals surface area contributed by atoms with E-state index >= 15 is 0 Å². The van der Waals surface area contributed by atoms with E-state index < -0.39 is 24.2 Å². The zero-order valence-electron chi connectivity index (χ0n) is 16.3. The first kappa shape index (κ1) is 21.1. The molecule has 0 bridgehead atoms. The molecule has 0 unspecified atom stereocenters. The highest BCUT2D eigenvalue weighted by Gasteiger charge is 2.22. The molecule has 0 aromatic heterocycles. The van der Waals surface area contributed by atoms with Crippen molar-refractivity contribution in [3.63, 3.8) is 0 Å². The van der Waals surface area contributed by atoms with E-state index in [1.54, 1.807) is 12.1 Å². The summed E-state index contributed by atoms with van der Waals surface area (Å²) in [6.07, 6.45) is 0. The molecule has 0 aliphatic carbocycles. The standard InChI is InChI=1S/C19H29FN4O3/c1-4-22-8-11-23(12-9-22)17-6-5-15(13-16(17)20)19(27)24(14-18(25)26)10-7-21(2)3/h5-6,13H,4,7-12,14H2,1-3H3,(H,25,26). The monoisotopic (exact) mass is 380 g/mol. The Morgan fingerprint density at radius 3 is 2.33 bits per heavy atom. The summed E-state index contributed by atoms with van der Waals surface area (Å²) in [5.41, 5.74) is 0.656. The Bertz CT molecular complexity index is 660. The van der Waals surface area contributed by atoms with Gasteiger partial charge in [-0.25, -0.2) is 4.39 Å². The number of nitrogens with zero attached hydrogens (tertiary/aromatic N) is 4. The number of halogens is 1. The average Bonchev–Trinajstić information content (AvgIpc) is 2.64. The highest BCUT2D eigenvalue weighted by molar-refractivity contribution is 5.96. The number of aliphatic carboxylic acids is 1. The molecule has 1 amide bonds. The Balaban J connectivity index is 2.11. The maximum atomic E-state index is 14.7. The zero-order chi connectivity index (χ0) is 20.0. The van der Waals surface area contributed by atoms with Gasteiger partial charge in [-0.15, -0.1) is 0 Å². The second-order valence-electron chi connectivity index (χ2n) is 7.01. The van der Waals surface area contributed by atoms with Crippen LogP contribution < -0.4 is 4.90 Å². The second-order valence-corrected chi connectivity index (χ2v) is 7.01.